The van der Waals surface area contributed by atoms with Crippen molar-refractivity contribution < 1.29 is 4.74 Å². The predicted molar refractivity (Wildman–Crippen MR) is 70.0 cm³/mol. The minimum atomic E-state index is 0.0441. The fraction of sp³-hybridized carbons (Fsp3) is 0.364. The van der Waals surface area contributed by atoms with Gasteiger partial charge in [0.25, 0.3) is 0 Å². The Labute approximate surface area is 109 Å². The second kappa shape index (κ2) is 5.08. The number of halogens is 1. The number of rotatable bonds is 4. The van der Waals surface area contributed by atoms with Gasteiger partial charge in [0.05, 0.1) is 23.2 Å². The molecule has 6 heteroatoms. The van der Waals surface area contributed by atoms with Crippen LogP contribution in [0.2, 0.25) is 4.34 Å². The molecule has 0 radical (unpaired) electrons. The third-order valence-electron chi connectivity index (χ3n) is 2.53. The summed E-state index contributed by atoms with van der Waals surface area (Å²) in [5.41, 5.74) is 0.922. The lowest BCUT2D eigenvalue weighted by Crippen LogP contribution is -2.17. The molecule has 0 aromatic carbocycles. The molecule has 0 saturated carbocycles. The highest BCUT2D eigenvalue weighted by molar-refractivity contribution is 7.16. The molecule has 2 rings (SSSR count). The molecule has 0 bridgehead atoms. The molecule has 4 nitrogen and oxygen atoms in total. The van der Waals surface area contributed by atoms with Crippen molar-refractivity contribution in [2.75, 3.05) is 14.2 Å². The van der Waals surface area contributed by atoms with Crippen molar-refractivity contribution in [2.24, 2.45) is 7.05 Å². The van der Waals surface area contributed by atoms with Crippen molar-refractivity contribution in [1.82, 2.24) is 15.1 Å². The molecule has 0 aliphatic rings. The minimum absolute atomic E-state index is 0.0441. The van der Waals surface area contributed by atoms with E-state index >= 15 is 0 Å². The highest BCUT2D eigenvalue weighted by Crippen LogP contribution is 2.31. The van der Waals surface area contributed by atoms with E-state index in [1.54, 1.807) is 23.1 Å². The topological polar surface area (TPSA) is 39.1 Å². The van der Waals surface area contributed by atoms with Gasteiger partial charge in [0.15, 0.2) is 0 Å². The second-order valence-electron chi connectivity index (χ2n) is 3.60. The van der Waals surface area contributed by atoms with E-state index < -0.39 is 0 Å². The van der Waals surface area contributed by atoms with Gasteiger partial charge in [0.1, 0.15) is 0 Å². The van der Waals surface area contributed by atoms with Crippen LogP contribution in [0.4, 0.5) is 0 Å². The van der Waals surface area contributed by atoms with Crippen molar-refractivity contribution in [3.05, 3.63) is 33.1 Å². The molecule has 0 aliphatic heterocycles. The Balaban J connectivity index is 2.34. The standard InChI is InChI=1S/C11H14ClN3OS/c1-13-11(8-4-5-9(12)17-8)7-6-10(16-3)15(2)14-7/h4-6,11,13H,1-3H3. The molecule has 17 heavy (non-hydrogen) atoms. The zero-order valence-corrected chi connectivity index (χ0v) is 11.5. The molecule has 0 amide bonds. The summed E-state index contributed by atoms with van der Waals surface area (Å²) in [5, 5.41) is 7.66. The molecule has 1 unspecified atom stereocenters. The van der Waals surface area contributed by atoms with Gasteiger partial charge >= 0.3 is 0 Å². The minimum Gasteiger partial charge on any atom is -0.481 e. The summed E-state index contributed by atoms with van der Waals surface area (Å²) >= 11 is 7.50. The Morgan fingerprint density at radius 1 is 1.53 bits per heavy atom. The van der Waals surface area contributed by atoms with Crippen molar-refractivity contribution in [3.8, 4) is 5.88 Å². The lowest BCUT2D eigenvalue weighted by molar-refractivity contribution is 0.373. The summed E-state index contributed by atoms with van der Waals surface area (Å²) in [4.78, 5) is 1.14. The molecule has 1 N–H and O–H groups in total. The van der Waals surface area contributed by atoms with Gasteiger partial charge in [-0.25, -0.2) is 4.68 Å². The van der Waals surface area contributed by atoms with Gasteiger partial charge in [-0.05, 0) is 19.2 Å². The number of ether oxygens (including phenoxy) is 1. The number of aromatic nitrogens is 2. The first-order valence-corrected chi connectivity index (χ1v) is 6.35. The Hall–Kier alpha value is -1.04. The van der Waals surface area contributed by atoms with Crippen LogP contribution in [0.1, 0.15) is 16.6 Å². The Morgan fingerprint density at radius 3 is 2.76 bits per heavy atom. The lowest BCUT2D eigenvalue weighted by atomic mass is 10.2. The molecule has 0 spiro atoms. The largest absolute Gasteiger partial charge is 0.481 e. The highest BCUT2D eigenvalue weighted by atomic mass is 35.5. The summed E-state index contributed by atoms with van der Waals surface area (Å²) in [6.45, 7) is 0. The molecular formula is C11H14ClN3OS. The predicted octanol–water partition coefficient (Wildman–Crippen LogP) is 2.45. The number of thiophene rings is 1. The van der Waals surface area contributed by atoms with Gasteiger partial charge in [-0.2, -0.15) is 5.10 Å². The number of nitrogens with one attached hydrogen (secondary N) is 1. The van der Waals surface area contributed by atoms with Crippen molar-refractivity contribution >= 4 is 22.9 Å². The zero-order valence-electron chi connectivity index (χ0n) is 9.90. The number of hydrogen-bond acceptors (Lipinski definition) is 4. The molecule has 1 atom stereocenters. The van der Waals surface area contributed by atoms with Crippen LogP contribution in [0.5, 0.6) is 5.88 Å². The van der Waals surface area contributed by atoms with Gasteiger partial charge in [0, 0.05) is 18.0 Å². The Kier molecular flexibility index (Phi) is 3.71. The quantitative estimate of drug-likeness (QED) is 0.928. The van der Waals surface area contributed by atoms with E-state index in [4.69, 9.17) is 16.3 Å². The third-order valence-corrected chi connectivity index (χ3v) is 3.82. The van der Waals surface area contributed by atoms with Crippen LogP contribution in [-0.2, 0) is 7.05 Å². The summed E-state index contributed by atoms with van der Waals surface area (Å²) in [6.07, 6.45) is 0. The van der Waals surface area contributed by atoms with Gasteiger partial charge in [0.2, 0.25) is 5.88 Å². The van der Waals surface area contributed by atoms with Crippen LogP contribution in [0.15, 0.2) is 18.2 Å². The maximum Gasteiger partial charge on any atom is 0.211 e. The smallest absolute Gasteiger partial charge is 0.211 e. The molecule has 0 aliphatic carbocycles. The van der Waals surface area contributed by atoms with Crippen LogP contribution in [0.25, 0.3) is 0 Å². The number of aryl methyl sites for hydroxylation is 1. The van der Waals surface area contributed by atoms with Crippen LogP contribution >= 0.6 is 22.9 Å². The summed E-state index contributed by atoms with van der Waals surface area (Å²) in [5.74, 6) is 0.739. The fourth-order valence-electron chi connectivity index (χ4n) is 1.72. The third kappa shape index (κ3) is 2.46. The van der Waals surface area contributed by atoms with Gasteiger partial charge in [-0.15, -0.1) is 11.3 Å². The molecule has 0 saturated heterocycles. The molecule has 2 aromatic heterocycles. The van der Waals surface area contributed by atoms with E-state index in [0.29, 0.717) is 0 Å². The molecule has 0 fully saturated rings. The summed E-state index contributed by atoms with van der Waals surface area (Å²) in [7, 11) is 5.40. The number of hydrogen-bond donors (Lipinski definition) is 1. The van der Waals surface area contributed by atoms with Gasteiger partial charge in [-0.1, -0.05) is 11.6 Å². The summed E-state index contributed by atoms with van der Waals surface area (Å²) < 4.78 is 7.71. The highest BCUT2D eigenvalue weighted by Gasteiger charge is 2.18. The lowest BCUT2D eigenvalue weighted by Gasteiger charge is -2.10. The van der Waals surface area contributed by atoms with Crippen LogP contribution < -0.4 is 10.1 Å². The fourth-order valence-corrected chi connectivity index (χ4v) is 2.91. The molecule has 2 heterocycles. The van der Waals surface area contributed by atoms with Gasteiger partial charge < -0.3 is 10.1 Å². The van der Waals surface area contributed by atoms with E-state index in [0.717, 1.165) is 20.8 Å². The first kappa shape index (κ1) is 12.4. The second-order valence-corrected chi connectivity index (χ2v) is 5.35. The maximum absolute atomic E-state index is 5.95. The first-order chi connectivity index (χ1) is 8.15. The van der Waals surface area contributed by atoms with E-state index in [1.165, 1.54) is 0 Å². The normalized spacial score (nSPS) is 12.7. The van der Waals surface area contributed by atoms with E-state index in [2.05, 4.69) is 10.4 Å². The first-order valence-electron chi connectivity index (χ1n) is 5.16. The average Bonchev–Trinajstić information content (AvgIpc) is 2.87. The molecular weight excluding hydrogens is 258 g/mol. The SMILES string of the molecule is CNC(c1cc(OC)n(C)n1)c1ccc(Cl)s1. The number of nitrogens with zero attached hydrogens (tertiary/aromatic N) is 2. The van der Waals surface area contributed by atoms with Crippen molar-refractivity contribution in [3.63, 3.8) is 0 Å². The Bertz CT molecular complexity index is 509. The van der Waals surface area contributed by atoms with E-state index in [9.17, 15) is 0 Å². The van der Waals surface area contributed by atoms with Crippen molar-refractivity contribution in [1.29, 1.82) is 0 Å². The maximum atomic E-state index is 5.95. The average molecular weight is 272 g/mol. The van der Waals surface area contributed by atoms with E-state index in [-0.39, 0.29) is 6.04 Å². The van der Waals surface area contributed by atoms with Crippen LogP contribution in [0, 0.1) is 0 Å². The van der Waals surface area contributed by atoms with E-state index in [1.807, 2.05) is 32.3 Å². The van der Waals surface area contributed by atoms with Gasteiger partial charge in [-0.3, -0.25) is 0 Å². The monoisotopic (exact) mass is 271 g/mol. The zero-order chi connectivity index (χ0) is 12.4. The number of methoxy groups -OCH3 is 1. The van der Waals surface area contributed by atoms with Crippen molar-refractivity contribution in [2.45, 2.75) is 6.04 Å². The molecule has 2 aromatic rings. The molecule has 92 valence electrons. The van der Waals surface area contributed by atoms with Crippen LogP contribution in [0.3, 0.4) is 0 Å². The summed E-state index contributed by atoms with van der Waals surface area (Å²) in [6, 6.07) is 5.87. The van der Waals surface area contributed by atoms with Crippen LogP contribution in [-0.4, -0.2) is 23.9 Å². The Morgan fingerprint density at radius 2 is 2.29 bits per heavy atom.